The van der Waals surface area contributed by atoms with Crippen molar-refractivity contribution < 1.29 is 12.8 Å². The first-order valence-corrected chi connectivity index (χ1v) is 7.68. The largest absolute Gasteiger partial charge is 0.447 e. The third-order valence-corrected chi connectivity index (χ3v) is 4.67. The van der Waals surface area contributed by atoms with Crippen molar-refractivity contribution in [3.63, 3.8) is 0 Å². The highest BCUT2D eigenvalue weighted by atomic mass is 32.2. The SMILES string of the molecule is Cc1cccc(CN(C)S(=O)(=O)c2ccc(CN)o2)c1. The molecule has 0 spiro atoms. The molecule has 0 bridgehead atoms. The van der Waals surface area contributed by atoms with Crippen LogP contribution in [0, 0.1) is 6.92 Å². The lowest BCUT2D eigenvalue weighted by molar-refractivity contribution is 0.387. The average molecular weight is 294 g/mol. The summed E-state index contributed by atoms with van der Waals surface area (Å²) in [5.41, 5.74) is 7.45. The van der Waals surface area contributed by atoms with Crippen LogP contribution >= 0.6 is 0 Å². The molecule has 0 saturated heterocycles. The van der Waals surface area contributed by atoms with Gasteiger partial charge in [-0.2, -0.15) is 4.31 Å². The van der Waals surface area contributed by atoms with Gasteiger partial charge in [-0.3, -0.25) is 0 Å². The predicted molar refractivity (Wildman–Crippen MR) is 76.4 cm³/mol. The van der Waals surface area contributed by atoms with Crippen molar-refractivity contribution >= 4 is 10.0 Å². The first-order chi connectivity index (χ1) is 9.43. The van der Waals surface area contributed by atoms with Gasteiger partial charge in [0, 0.05) is 13.6 Å². The lowest BCUT2D eigenvalue weighted by Crippen LogP contribution is -2.26. The Kier molecular flexibility index (Phi) is 4.27. The van der Waals surface area contributed by atoms with E-state index in [9.17, 15) is 8.42 Å². The zero-order chi connectivity index (χ0) is 14.8. The summed E-state index contributed by atoms with van der Waals surface area (Å²) in [5.74, 6) is 0.451. The topological polar surface area (TPSA) is 76.5 Å². The number of benzene rings is 1. The van der Waals surface area contributed by atoms with E-state index < -0.39 is 10.0 Å². The maximum atomic E-state index is 12.3. The predicted octanol–water partition coefficient (Wildman–Crippen LogP) is 1.87. The van der Waals surface area contributed by atoms with Crippen LogP contribution in [0.3, 0.4) is 0 Å². The Bertz CT molecular complexity index is 692. The summed E-state index contributed by atoms with van der Waals surface area (Å²) in [7, 11) is -2.10. The molecule has 0 aliphatic heterocycles. The van der Waals surface area contributed by atoms with Crippen molar-refractivity contribution in [1.29, 1.82) is 0 Å². The van der Waals surface area contributed by atoms with Crippen molar-refractivity contribution in [2.75, 3.05) is 7.05 Å². The van der Waals surface area contributed by atoms with Crippen LogP contribution in [0.5, 0.6) is 0 Å². The molecule has 1 aromatic heterocycles. The zero-order valence-electron chi connectivity index (χ0n) is 11.5. The lowest BCUT2D eigenvalue weighted by atomic mass is 10.1. The molecule has 108 valence electrons. The standard InChI is InChI=1S/C14H18N2O3S/c1-11-4-3-5-12(8-11)10-16(2)20(17,18)14-7-6-13(9-15)19-14/h3-8H,9-10,15H2,1-2H3. The molecule has 0 aliphatic rings. The summed E-state index contributed by atoms with van der Waals surface area (Å²) in [6, 6.07) is 10.7. The van der Waals surface area contributed by atoms with Crippen LogP contribution in [0.15, 0.2) is 45.9 Å². The minimum atomic E-state index is -3.63. The maximum Gasteiger partial charge on any atom is 0.276 e. The van der Waals surface area contributed by atoms with Gasteiger partial charge in [-0.05, 0) is 24.6 Å². The van der Waals surface area contributed by atoms with E-state index >= 15 is 0 Å². The fraction of sp³-hybridized carbons (Fsp3) is 0.286. The van der Waals surface area contributed by atoms with Gasteiger partial charge in [0.15, 0.2) is 0 Å². The monoisotopic (exact) mass is 294 g/mol. The fourth-order valence-corrected chi connectivity index (χ4v) is 2.99. The van der Waals surface area contributed by atoms with Crippen LogP contribution in [0.2, 0.25) is 0 Å². The molecule has 1 aromatic carbocycles. The van der Waals surface area contributed by atoms with E-state index in [2.05, 4.69) is 0 Å². The van der Waals surface area contributed by atoms with Crippen molar-refractivity contribution in [1.82, 2.24) is 4.31 Å². The van der Waals surface area contributed by atoms with Crippen molar-refractivity contribution in [2.24, 2.45) is 5.73 Å². The van der Waals surface area contributed by atoms with Crippen LogP contribution in [0.1, 0.15) is 16.9 Å². The maximum absolute atomic E-state index is 12.3. The molecule has 0 aliphatic carbocycles. The quantitative estimate of drug-likeness (QED) is 0.913. The molecule has 6 heteroatoms. The number of nitrogens with zero attached hydrogens (tertiary/aromatic N) is 1. The Morgan fingerprint density at radius 1 is 1.25 bits per heavy atom. The van der Waals surface area contributed by atoms with Crippen LogP contribution in [-0.2, 0) is 23.1 Å². The van der Waals surface area contributed by atoms with E-state index in [1.54, 1.807) is 6.07 Å². The molecule has 0 amide bonds. The van der Waals surface area contributed by atoms with Crippen molar-refractivity contribution in [3.8, 4) is 0 Å². The zero-order valence-corrected chi connectivity index (χ0v) is 12.4. The Balaban J connectivity index is 2.21. The van der Waals surface area contributed by atoms with Gasteiger partial charge < -0.3 is 10.2 Å². The lowest BCUT2D eigenvalue weighted by Gasteiger charge is -2.15. The van der Waals surface area contributed by atoms with Crippen LogP contribution in [0.25, 0.3) is 0 Å². The summed E-state index contributed by atoms with van der Waals surface area (Å²) in [6.45, 7) is 2.44. The summed E-state index contributed by atoms with van der Waals surface area (Å²) in [5, 5.41) is -0.0758. The molecular formula is C14H18N2O3S. The summed E-state index contributed by atoms with van der Waals surface area (Å²) in [6.07, 6.45) is 0. The summed E-state index contributed by atoms with van der Waals surface area (Å²) in [4.78, 5) is 0. The van der Waals surface area contributed by atoms with E-state index in [4.69, 9.17) is 10.2 Å². The van der Waals surface area contributed by atoms with E-state index in [0.717, 1.165) is 11.1 Å². The third kappa shape index (κ3) is 3.09. The van der Waals surface area contributed by atoms with Gasteiger partial charge in [0.25, 0.3) is 10.0 Å². The molecule has 0 unspecified atom stereocenters. The molecule has 2 aromatic rings. The van der Waals surface area contributed by atoms with Gasteiger partial charge in [0.2, 0.25) is 5.09 Å². The molecule has 1 heterocycles. The van der Waals surface area contributed by atoms with Crippen LogP contribution in [0.4, 0.5) is 0 Å². The highest BCUT2D eigenvalue weighted by molar-refractivity contribution is 7.88. The second-order valence-corrected chi connectivity index (χ2v) is 6.65. The molecule has 2 rings (SSSR count). The number of hydrogen-bond acceptors (Lipinski definition) is 4. The first-order valence-electron chi connectivity index (χ1n) is 6.24. The molecule has 0 saturated carbocycles. The molecular weight excluding hydrogens is 276 g/mol. The number of aryl methyl sites for hydroxylation is 1. The van der Waals surface area contributed by atoms with E-state index in [0.29, 0.717) is 12.3 Å². The molecule has 20 heavy (non-hydrogen) atoms. The third-order valence-electron chi connectivity index (χ3n) is 2.99. The average Bonchev–Trinajstić information content (AvgIpc) is 2.88. The van der Waals surface area contributed by atoms with Crippen LogP contribution < -0.4 is 5.73 Å². The Morgan fingerprint density at radius 3 is 2.60 bits per heavy atom. The van der Waals surface area contributed by atoms with Crippen molar-refractivity contribution in [3.05, 3.63) is 53.3 Å². The number of rotatable bonds is 5. The molecule has 2 N–H and O–H groups in total. The Labute approximate surface area is 119 Å². The smallest absolute Gasteiger partial charge is 0.276 e. The van der Waals surface area contributed by atoms with Crippen molar-refractivity contribution in [2.45, 2.75) is 25.1 Å². The van der Waals surface area contributed by atoms with E-state index in [1.165, 1.54) is 17.4 Å². The number of hydrogen-bond donors (Lipinski definition) is 1. The summed E-state index contributed by atoms with van der Waals surface area (Å²) < 4.78 is 31.2. The number of furan rings is 1. The fourth-order valence-electron chi connectivity index (χ4n) is 1.91. The molecule has 0 atom stereocenters. The van der Waals surface area contributed by atoms with Gasteiger partial charge >= 0.3 is 0 Å². The van der Waals surface area contributed by atoms with Gasteiger partial charge in [0.1, 0.15) is 5.76 Å². The van der Waals surface area contributed by atoms with Gasteiger partial charge in [-0.25, -0.2) is 8.42 Å². The minimum absolute atomic E-state index is 0.0758. The second-order valence-electron chi connectivity index (χ2n) is 4.68. The molecule has 0 radical (unpaired) electrons. The van der Waals surface area contributed by atoms with E-state index in [1.807, 2.05) is 31.2 Å². The molecule has 5 nitrogen and oxygen atoms in total. The second kappa shape index (κ2) is 5.78. The Morgan fingerprint density at radius 2 is 2.00 bits per heavy atom. The highest BCUT2D eigenvalue weighted by Gasteiger charge is 2.24. The normalized spacial score (nSPS) is 12.0. The Hall–Kier alpha value is -1.63. The first kappa shape index (κ1) is 14.8. The summed E-state index contributed by atoms with van der Waals surface area (Å²) >= 11 is 0. The number of nitrogens with two attached hydrogens (primary N) is 1. The van der Waals surface area contributed by atoms with Gasteiger partial charge in [0.05, 0.1) is 6.54 Å². The highest BCUT2D eigenvalue weighted by Crippen LogP contribution is 2.19. The van der Waals surface area contributed by atoms with Gasteiger partial charge in [-0.1, -0.05) is 29.8 Å². The molecule has 0 fully saturated rings. The van der Waals surface area contributed by atoms with Gasteiger partial charge in [-0.15, -0.1) is 0 Å². The van der Waals surface area contributed by atoms with E-state index in [-0.39, 0.29) is 11.6 Å². The van der Waals surface area contributed by atoms with Crippen LogP contribution in [-0.4, -0.2) is 19.8 Å². The minimum Gasteiger partial charge on any atom is -0.447 e. The number of sulfonamides is 1.